The number of carbonyl (C=O) groups excluding carboxylic acids is 1. The third-order valence-corrected chi connectivity index (χ3v) is 5.80. The Hall–Kier alpha value is -1.46. The molecule has 2 aliphatic heterocycles. The predicted octanol–water partition coefficient (Wildman–Crippen LogP) is 1.82. The lowest BCUT2D eigenvalue weighted by Gasteiger charge is -2.39. The second-order valence-electron chi connectivity index (χ2n) is 7.24. The lowest BCUT2D eigenvalue weighted by Crippen LogP contribution is -2.49. The Balaban J connectivity index is 1.23. The molecule has 0 spiro atoms. The lowest BCUT2D eigenvalue weighted by molar-refractivity contribution is -0.135. The number of aromatic nitrogens is 1. The molecule has 5 heteroatoms. The van der Waals surface area contributed by atoms with Crippen LogP contribution in [0.2, 0.25) is 0 Å². The zero-order chi connectivity index (χ0) is 15.6. The van der Waals surface area contributed by atoms with Crippen molar-refractivity contribution < 1.29 is 4.79 Å². The van der Waals surface area contributed by atoms with E-state index in [-0.39, 0.29) is 0 Å². The van der Waals surface area contributed by atoms with Crippen LogP contribution in [0.5, 0.6) is 0 Å². The van der Waals surface area contributed by atoms with Crippen molar-refractivity contribution in [3.05, 3.63) is 30.1 Å². The van der Waals surface area contributed by atoms with E-state index in [4.69, 9.17) is 0 Å². The molecule has 2 saturated heterocycles. The van der Waals surface area contributed by atoms with Crippen molar-refractivity contribution >= 4 is 5.91 Å². The quantitative estimate of drug-likeness (QED) is 0.890. The van der Waals surface area contributed by atoms with Gasteiger partial charge in [0.1, 0.15) is 0 Å². The summed E-state index contributed by atoms with van der Waals surface area (Å²) in [5.41, 5.74) is 7.98. The van der Waals surface area contributed by atoms with Gasteiger partial charge in [-0.3, -0.25) is 20.6 Å². The third-order valence-electron chi connectivity index (χ3n) is 5.80. The van der Waals surface area contributed by atoms with Crippen LogP contribution in [-0.4, -0.2) is 41.0 Å². The molecule has 0 bridgehead atoms. The summed E-state index contributed by atoms with van der Waals surface area (Å²) in [4.78, 5) is 18.8. The predicted molar refractivity (Wildman–Crippen MR) is 88.6 cm³/mol. The van der Waals surface area contributed by atoms with Gasteiger partial charge in [0, 0.05) is 49.4 Å². The SMILES string of the molecule is O=C(CCC1NNC2CCCCC21)N1CC(c2ccccn2)C1. The summed E-state index contributed by atoms with van der Waals surface area (Å²) in [7, 11) is 0. The van der Waals surface area contributed by atoms with Gasteiger partial charge in [-0.1, -0.05) is 18.9 Å². The first-order valence-electron chi connectivity index (χ1n) is 9.01. The van der Waals surface area contributed by atoms with Crippen LogP contribution in [0.25, 0.3) is 0 Å². The van der Waals surface area contributed by atoms with Crippen molar-refractivity contribution in [2.24, 2.45) is 5.92 Å². The molecule has 4 rings (SSSR count). The molecule has 5 nitrogen and oxygen atoms in total. The summed E-state index contributed by atoms with van der Waals surface area (Å²) in [5.74, 6) is 1.45. The van der Waals surface area contributed by atoms with E-state index in [1.807, 2.05) is 23.2 Å². The van der Waals surface area contributed by atoms with Gasteiger partial charge in [-0.2, -0.15) is 0 Å². The van der Waals surface area contributed by atoms with E-state index >= 15 is 0 Å². The fourth-order valence-electron chi connectivity index (χ4n) is 4.35. The van der Waals surface area contributed by atoms with Gasteiger partial charge in [-0.15, -0.1) is 0 Å². The van der Waals surface area contributed by atoms with Crippen molar-refractivity contribution in [1.82, 2.24) is 20.7 Å². The average molecular weight is 314 g/mol. The molecule has 3 fully saturated rings. The van der Waals surface area contributed by atoms with Crippen LogP contribution in [0.4, 0.5) is 0 Å². The van der Waals surface area contributed by atoms with Crippen LogP contribution >= 0.6 is 0 Å². The van der Waals surface area contributed by atoms with Crippen LogP contribution in [0.1, 0.15) is 50.1 Å². The topological polar surface area (TPSA) is 57.3 Å². The lowest BCUT2D eigenvalue weighted by atomic mass is 9.80. The molecule has 3 aliphatic rings. The van der Waals surface area contributed by atoms with Gasteiger partial charge in [0.15, 0.2) is 0 Å². The van der Waals surface area contributed by atoms with E-state index in [1.165, 1.54) is 25.7 Å². The van der Waals surface area contributed by atoms with E-state index in [1.54, 1.807) is 0 Å². The number of nitrogens with one attached hydrogen (secondary N) is 2. The molecule has 2 N–H and O–H groups in total. The van der Waals surface area contributed by atoms with E-state index in [0.29, 0.717) is 36.2 Å². The Bertz CT molecular complexity index is 543. The maximum absolute atomic E-state index is 12.4. The standard InChI is InChI=1S/C18H26N4O/c23-18(22-11-13(12-22)15-6-3-4-10-19-15)9-8-17-14-5-1-2-7-16(14)20-21-17/h3-4,6,10,13-14,16-17,20-21H,1-2,5,7-9,11-12H2. The summed E-state index contributed by atoms with van der Waals surface area (Å²) in [6, 6.07) is 7.11. The molecule has 3 unspecified atom stereocenters. The summed E-state index contributed by atoms with van der Waals surface area (Å²) in [6.45, 7) is 1.66. The number of hydrogen-bond acceptors (Lipinski definition) is 4. The van der Waals surface area contributed by atoms with Crippen molar-refractivity contribution in [1.29, 1.82) is 0 Å². The normalized spacial score (nSPS) is 30.8. The number of rotatable bonds is 4. The van der Waals surface area contributed by atoms with Gasteiger partial charge < -0.3 is 4.90 Å². The highest BCUT2D eigenvalue weighted by atomic mass is 16.2. The smallest absolute Gasteiger partial charge is 0.222 e. The fraction of sp³-hybridized carbons (Fsp3) is 0.667. The first kappa shape index (κ1) is 15.1. The molecule has 0 radical (unpaired) electrons. The van der Waals surface area contributed by atoms with Gasteiger partial charge in [0.2, 0.25) is 5.91 Å². The van der Waals surface area contributed by atoms with Crippen LogP contribution < -0.4 is 10.9 Å². The van der Waals surface area contributed by atoms with Crippen LogP contribution in [0, 0.1) is 5.92 Å². The highest BCUT2D eigenvalue weighted by Crippen LogP contribution is 2.32. The highest BCUT2D eigenvalue weighted by Gasteiger charge is 2.38. The second kappa shape index (κ2) is 6.57. The molecule has 1 aromatic heterocycles. The summed E-state index contributed by atoms with van der Waals surface area (Å²) in [5, 5.41) is 0. The number of carbonyl (C=O) groups is 1. The fourth-order valence-corrected chi connectivity index (χ4v) is 4.35. The molecular formula is C18H26N4O. The highest BCUT2D eigenvalue weighted by molar-refractivity contribution is 5.77. The molecule has 23 heavy (non-hydrogen) atoms. The van der Waals surface area contributed by atoms with E-state index in [0.717, 1.165) is 25.2 Å². The number of hydrazine groups is 1. The molecule has 124 valence electrons. The minimum Gasteiger partial charge on any atom is -0.341 e. The van der Waals surface area contributed by atoms with Crippen molar-refractivity contribution in [3.63, 3.8) is 0 Å². The maximum Gasteiger partial charge on any atom is 0.222 e. The maximum atomic E-state index is 12.4. The molecule has 3 atom stereocenters. The Morgan fingerprint density at radius 3 is 2.91 bits per heavy atom. The number of fused-ring (bicyclic) bond motifs is 1. The second-order valence-corrected chi connectivity index (χ2v) is 7.24. The van der Waals surface area contributed by atoms with Crippen LogP contribution in [0.15, 0.2) is 24.4 Å². The molecule has 3 heterocycles. The minimum absolute atomic E-state index is 0.304. The van der Waals surface area contributed by atoms with Crippen molar-refractivity contribution in [3.8, 4) is 0 Å². The van der Waals surface area contributed by atoms with Crippen molar-refractivity contribution in [2.75, 3.05) is 13.1 Å². The van der Waals surface area contributed by atoms with Gasteiger partial charge >= 0.3 is 0 Å². The summed E-state index contributed by atoms with van der Waals surface area (Å²) >= 11 is 0. The summed E-state index contributed by atoms with van der Waals surface area (Å²) in [6.07, 6.45) is 8.71. The first-order valence-corrected chi connectivity index (χ1v) is 9.01. The molecule has 1 aliphatic carbocycles. The largest absolute Gasteiger partial charge is 0.341 e. The monoisotopic (exact) mass is 314 g/mol. The zero-order valence-electron chi connectivity index (χ0n) is 13.6. The van der Waals surface area contributed by atoms with Crippen LogP contribution in [0.3, 0.4) is 0 Å². The van der Waals surface area contributed by atoms with Gasteiger partial charge in [-0.05, 0) is 37.3 Å². The Morgan fingerprint density at radius 1 is 1.22 bits per heavy atom. The Morgan fingerprint density at radius 2 is 2.09 bits per heavy atom. The van der Waals surface area contributed by atoms with E-state index in [2.05, 4.69) is 21.9 Å². The minimum atomic E-state index is 0.304. The number of hydrogen-bond donors (Lipinski definition) is 2. The van der Waals surface area contributed by atoms with Crippen LogP contribution in [-0.2, 0) is 4.79 Å². The number of amides is 1. The Kier molecular flexibility index (Phi) is 4.31. The van der Waals surface area contributed by atoms with Gasteiger partial charge in [0.25, 0.3) is 0 Å². The molecule has 1 saturated carbocycles. The van der Waals surface area contributed by atoms with E-state index < -0.39 is 0 Å². The molecule has 0 aromatic carbocycles. The number of pyridine rings is 1. The molecule has 1 amide bonds. The number of nitrogens with zero attached hydrogens (tertiary/aromatic N) is 2. The first-order chi connectivity index (χ1) is 11.3. The molecular weight excluding hydrogens is 288 g/mol. The van der Waals surface area contributed by atoms with Gasteiger partial charge in [0.05, 0.1) is 0 Å². The van der Waals surface area contributed by atoms with Gasteiger partial charge in [-0.25, -0.2) is 0 Å². The number of likely N-dealkylation sites (tertiary alicyclic amines) is 1. The summed E-state index contributed by atoms with van der Waals surface area (Å²) < 4.78 is 0. The Labute approximate surface area is 137 Å². The third kappa shape index (κ3) is 3.12. The van der Waals surface area contributed by atoms with E-state index in [9.17, 15) is 4.79 Å². The van der Waals surface area contributed by atoms with Crippen molar-refractivity contribution in [2.45, 2.75) is 56.5 Å². The zero-order valence-corrected chi connectivity index (χ0v) is 13.6. The molecule has 1 aromatic rings. The average Bonchev–Trinajstić information content (AvgIpc) is 2.96.